The average Bonchev–Trinajstić information content (AvgIpc) is 2.95. The molecule has 0 aliphatic rings. The van der Waals surface area contributed by atoms with Crippen LogP contribution >= 0.6 is 0 Å². The molecule has 0 spiro atoms. The van der Waals surface area contributed by atoms with Crippen LogP contribution in [0.15, 0.2) is 40.9 Å². The van der Waals surface area contributed by atoms with Gasteiger partial charge in [0.15, 0.2) is 11.5 Å². The quantitative estimate of drug-likeness (QED) is 0.860. The number of nitrogens with zero attached hydrogens (tertiary/aromatic N) is 1. The number of aliphatic hydroxyl groups is 1. The molecule has 1 atom stereocenters. The van der Waals surface area contributed by atoms with Crippen molar-refractivity contribution in [2.45, 2.75) is 19.4 Å². The van der Waals surface area contributed by atoms with Crippen LogP contribution in [0.25, 0.3) is 11.3 Å². The van der Waals surface area contributed by atoms with Crippen molar-refractivity contribution in [3.63, 3.8) is 0 Å². The van der Waals surface area contributed by atoms with E-state index in [1.165, 1.54) is 0 Å². The molecule has 0 saturated carbocycles. The summed E-state index contributed by atoms with van der Waals surface area (Å²) in [6, 6.07) is 10.8. The molecule has 100 valence electrons. The molecule has 0 bridgehead atoms. The number of rotatable bonds is 5. The molecule has 1 heterocycles. The number of carbonyl (C=O) groups is 1. The summed E-state index contributed by atoms with van der Waals surface area (Å²) >= 11 is 0. The van der Waals surface area contributed by atoms with Gasteiger partial charge in [-0.15, -0.1) is 0 Å². The highest BCUT2D eigenvalue weighted by molar-refractivity contribution is 5.93. The SMILES string of the molecule is CC[C@H](CO)NC(=O)c1cc(-c2ccccc2)on1. The van der Waals surface area contributed by atoms with Crippen LogP contribution in [0.2, 0.25) is 0 Å². The number of amides is 1. The van der Waals surface area contributed by atoms with Crippen LogP contribution in [0.5, 0.6) is 0 Å². The zero-order valence-electron chi connectivity index (χ0n) is 10.7. The Kier molecular flexibility index (Phi) is 4.30. The molecule has 1 amide bonds. The third-order valence-electron chi connectivity index (χ3n) is 2.85. The van der Waals surface area contributed by atoms with Crippen LogP contribution in [0.4, 0.5) is 0 Å². The van der Waals surface area contributed by atoms with Crippen molar-refractivity contribution in [3.8, 4) is 11.3 Å². The highest BCUT2D eigenvalue weighted by atomic mass is 16.5. The van der Waals surface area contributed by atoms with Crippen LogP contribution in [0.3, 0.4) is 0 Å². The second-order valence-electron chi connectivity index (χ2n) is 4.20. The first-order valence-corrected chi connectivity index (χ1v) is 6.18. The topological polar surface area (TPSA) is 75.4 Å². The summed E-state index contributed by atoms with van der Waals surface area (Å²) in [5.41, 5.74) is 1.08. The number of hydrogen-bond donors (Lipinski definition) is 2. The van der Waals surface area contributed by atoms with Gasteiger partial charge in [0.05, 0.1) is 12.6 Å². The van der Waals surface area contributed by atoms with Crippen LogP contribution in [0, 0.1) is 0 Å². The van der Waals surface area contributed by atoms with Crippen molar-refractivity contribution in [1.29, 1.82) is 0 Å². The number of carbonyl (C=O) groups excluding carboxylic acids is 1. The predicted molar refractivity (Wildman–Crippen MR) is 70.6 cm³/mol. The third kappa shape index (κ3) is 3.20. The molecule has 0 aliphatic carbocycles. The molecule has 5 nitrogen and oxygen atoms in total. The Hall–Kier alpha value is -2.14. The molecular weight excluding hydrogens is 244 g/mol. The van der Waals surface area contributed by atoms with Crippen LogP contribution in [0.1, 0.15) is 23.8 Å². The van der Waals surface area contributed by atoms with E-state index in [4.69, 9.17) is 9.63 Å². The van der Waals surface area contributed by atoms with Gasteiger partial charge in [-0.25, -0.2) is 0 Å². The largest absolute Gasteiger partial charge is 0.394 e. The molecule has 1 aromatic carbocycles. The fourth-order valence-electron chi connectivity index (χ4n) is 1.66. The molecule has 0 radical (unpaired) electrons. The summed E-state index contributed by atoms with van der Waals surface area (Å²) < 4.78 is 5.15. The Bertz CT molecular complexity index is 533. The molecule has 2 aromatic rings. The Morgan fingerprint density at radius 1 is 1.42 bits per heavy atom. The molecule has 0 saturated heterocycles. The molecule has 0 fully saturated rings. The minimum atomic E-state index is -0.341. The maximum atomic E-state index is 11.9. The predicted octanol–water partition coefficient (Wildman–Crippen LogP) is 1.84. The second kappa shape index (κ2) is 6.15. The lowest BCUT2D eigenvalue weighted by molar-refractivity contribution is 0.0906. The van der Waals surface area contributed by atoms with Crippen molar-refractivity contribution in [1.82, 2.24) is 10.5 Å². The highest BCUT2D eigenvalue weighted by Crippen LogP contribution is 2.19. The van der Waals surface area contributed by atoms with E-state index in [1.807, 2.05) is 37.3 Å². The molecule has 1 aromatic heterocycles. The van der Waals surface area contributed by atoms with Gasteiger partial charge in [0.25, 0.3) is 5.91 Å². The Balaban J connectivity index is 2.11. The zero-order chi connectivity index (χ0) is 13.7. The van der Waals surface area contributed by atoms with Crippen LogP contribution in [-0.4, -0.2) is 28.8 Å². The van der Waals surface area contributed by atoms with Crippen LogP contribution < -0.4 is 5.32 Å². The van der Waals surface area contributed by atoms with E-state index in [2.05, 4.69) is 10.5 Å². The van der Waals surface area contributed by atoms with Gasteiger partial charge in [-0.05, 0) is 6.42 Å². The summed E-state index contributed by atoms with van der Waals surface area (Å²) in [4.78, 5) is 11.9. The van der Waals surface area contributed by atoms with Crippen molar-refractivity contribution in [2.24, 2.45) is 0 Å². The van der Waals surface area contributed by atoms with Gasteiger partial charge in [0, 0.05) is 11.6 Å². The number of aliphatic hydroxyl groups excluding tert-OH is 1. The van der Waals surface area contributed by atoms with Crippen molar-refractivity contribution in [2.75, 3.05) is 6.61 Å². The van der Waals surface area contributed by atoms with Gasteiger partial charge in [0.1, 0.15) is 0 Å². The highest BCUT2D eigenvalue weighted by Gasteiger charge is 2.16. The smallest absolute Gasteiger partial charge is 0.273 e. The number of aromatic nitrogens is 1. The molecule has 5 heteroatoms. The number of hydrogen-bond acceptors (Lipinski definition) is 4. The Morgan fingerprint density at radius 3 is 2.79 bits per heavy atom. The average molecular weight is 260 g/mol. The minimum Gasteiger partial charge on any atom is -0.394 e. The van der Waals surface area contributed by atoms with E-state index < -0.39 is 0 Å². The van der Waals surface area contributed by atoms with Crippen molar-refractivity contribution < 1.29 is 14.4 Å². The first-order valence-electron chi connectivity index (χ1n) is 6.18. The van der Waals surface area contributed by atoms with E-state index in [0.29, 0.717) is 12.2 Å². The first-order chi connectivity index (χ1) is 9.24. The molecule has 19 heavy (non-hydrogen) atoms. The van der Waals surface area contributed by atoms with Gasteiger partial charge < -0.3 is 14.9 Å². The van der Waals surface area contributed by atoms with Gasteiger partial charge >= 0.3 is 0 Å². The lowest BCUT2D eigenvalue weighted by atomic mass is 10.1. The summed E-state index contributed by atoms with van der Waals surface area (Å²) in [7, 11) is 0. The number of nitrogens with one attached hydrogen (secondary N) is 1. The van der Waals surface area contributed by atoms with E-state index in [0.717, 1.165) is 5.56 Å². The van der Waals surface area contributed by atoms with Gasteiger partial charge in [0.2, 0.25) is 0 Å². The van der Waals surface area contributed by atoms with Crippen molar-refractivity contribution in [3.05, 3.63) is 42.1 Å². The molecular formula is C14H16N2O3. The lowest BCUT2D eigenvalue weighted by Gasteiger charge is -2.11. The fraction of sp³-hybridized carbons (Fsp3) is 0.286. The molecule has 0 aliphatic heterocycles. The second-order valence-corrected chi connectivity index (χ2v) is 4.20. The standard InChI is InChI=1S/C14H16N2O3/c1-2-11(9-17)15-14(18)12-8-13(19-16-12)10-6-4-3-5-7-10/h3-8,11,17H,2,9H2,1H3,(H,15,18)/t11-/m1/s1. The molecule has 0 unspecified atom stereocenters. The van der Waals surface area contributed by atoms with E-state index >= 15 is 0 Å². The monoisotopic (exact) mass is 260 g/mol. The van der Waals surface area contributed by atoms with Gasteiger partial charge in [-0.1, -0.05) is 42.4 Å². The lowest BCUT2D eigenvalue weighted by Crippen LogP contribution is -2.37. The van der Waals surface area contributed by atoms with E-state index in [9.17, 15) is 4.79 Å². The van der Waals surface area contributed by atoms with E-state index in [1.54, 1.807) is 6.07 Å². The van der Waals surface area contributed by atoms with Crippen LogP contribution in [-0.2, 0) is 0 Å². The molecule has 2 N–H and O–H groups in total. The first kappa shape index (κ1) is 13.3. The van der Waals surface area contributed by atoms with Crippen molar-refractivity contribution >= 4 is 5.91 Å². The normalized spacial score (nSPS) is 12.1. The summed E-state index contributed by atoms with van der Waals surface area (Å²) in [5, 5.41) is 15.5. The summed E-state index contributed by atoms with van der Waals surface area (Å²) in [6.45, 7) is 1.80. The van der Waals surface area contributed by atoms with Gasteiger partial charge in [-0.3, -0.25) is 4.79 Å². The van der Waals surface area contributed by atoms with Gasteiger partial charge in [-0.2, -0.15) is 0 Å². The minimum absolute atomic E-state index is 0.0916. The molecule has 2 rings (SSSR count). The zero-order valence-corrected chi connectivity index (χ0v) is 10.7. The maximum absolute atomic E-state index is 11.9. The van der Waals surface area contributed by atoms with E-state index in [-0.39, 0.29) is 24.2 Å². The number of benzene rings is 1. The summed E-state index contributed by atoms with van der Waals surface area (Å²) in [5.74, 6) is 0.203. The summed E-state index contributed by atoms with van der Waals surface area (Å²) in [6.07, 6.45) is 0.658. The third-order valence-corrected chi connectivity index (χ3v) is 2.85. The Morgan fingerprint density at radius 2 is 2.16 bits per heavy atom. The maximum Gasteiger partial charge on any atom is 0.273 e. The fourth-order valence-corrected chi connectivity index (χ4v) is 1.66. The Labute approximate surface area is 111 Å².